The van der Waals surface area contributed by atoms with Crippen LogP contribution in [0, 0.1) is 12.3 Å². The molecule has 0 aliphatic carbocycles. The lowest BCUT2D eigenvalue weighted by Gasteiger charge is -2.28. The Morgan fingerprint density at radius 3 is 2.45 bits per heavy atom. The Morgan fingerprint density at radius 2 is 2.09 bits per heavy atom. The highest BCUT2D eigenvalue weighted by Gasteiger charge is 2.15. The van der Waals surface area contributed by atoms with Crippen LogP contribution >= 0.6 is 0 Å². The van der Waals surface area contributed by atoms with Crippen LogP contribution in [0.2, 0.25) is 0 Å². The second-order valence-electron chi connectivity index (χ2n) is 3.51. The Morgan fingerprint density at radius 1 is 1.55 bits per heavy atom. The van der Waals surface area contributed by atoms with Crippen molar-refractivity contribution >= 4 is 0 Å². The first kappa shape index (κ1) is 10.5. The molecule has 0 fully saturated rings. The first-order valence-electron chi connectivity index (χ1n) is 3.83. The number of hydrogen-bond donors (Lipinski definition) is 1. The highest BCUT2D eigenvalue weighted by molar-refractivity contribution is 4.89. The highest BCUT2D eigenvalue weighted by Crippen LogP contribution is 2.01. The number of rotatable bonds is 4. The first-order chi connectivity index (χ1) is 5.02. The highest BCUT2D eigenvalue weighted by atomic mass is 15.1. The molecule has 0 saturated heterocycles. The van der Waals surface area contributed by atoms with E-state index in [9.17, 15) is 0 Å². The number of nitrogens with one attached hydrogen (secondary N) is 1. The minimum absolute atomic E-state index is 0.144. The molecule has 0 amide bonds. The molecule has 0 aromatic rings. The summed E-state index contributed by atoms with van der Waals surface area (Å²) in [6.07, 6.45) is 5.18. The Labute approximate surface area is 70.0 Å². The number of likely N-dealkylation sites (N-methyl/N-ethyl adjacent to an activating group) is 2. The molecule has 2 heteroatoms. The SMILES string of the molecule is C#CCN(C)CC(C)(C)NC. The van der Waals surface area contributed by atoms with Crippen molar-refractivity contribution in [3.63, 3.8) is 0 Å². The fourth-order valence-corrected chi connectivity index (χ4v) is 0.966. The maximum Gasteiger partial charge on any atom is 0.0597 e. The molecule has 0 rings (SSSR count). The Balaban J connectivity index is 3.75. The average Bonchev–Trinajstić information content (AvgIpc) is 1.87. The second-order valence-corrected chi connectivity index (χ2v) is 3.51. The molecule has 0 aromatic carbocycles. The molecular weight excluding hydrogens is 136 g/mol. The van der Waals surface area contributed by atoms with Crippen molar-refractivity contribution in [3.05, 3.63) is 0 Å². The van der Waals surface area contributed by atoms with Gasteiger partial charge in [0.2, 0.25) is 0 Å². The van der Waals surface area contributed by atoms with Crippen LogP contribution in [-0.2, 0) is 0 Å². The standard InChI is InChI=1S/C9H18N2/c1-6-7-11(5)8-9(2,3)10-4/h1,10H,7-8H2,2-5H3. The van der Waals surface area contributed by atoms with Crippen LogP contribution in [0.1, 0.15) is 13.8 Å². The molecule has 0 bridgehead atoms. The van der Waals surface area contributed by atoms with Gasteiger partial charge in [0, 0.05) is 12.1 Å². The molecule has 0 aliphatic heterocycles. The van der Waals surface area contributed by atoms with E-state index in [2.05, 4.69) is 30.0 Å². The maximum absolute atomic E-state index is 5.18. The summed E-state index contributed by atoms with van der Waals surface area (Å²) >= 11 is 0. The fourth-order valence-electron chi connectivity index (χ4n) is 0.966. The van der Waals surface area contributed by atoms with Crippen molar-refractivity contribution in [2.24, 2.45) is 0 Å². The van der Waals surface area contributed by atoms with E-state index in [1.165, 1.54) is 0 Å². The summed E-state index contributed by atoms with van der Waals surface area (Å²) < 4.78 is 0. The van der Waals surface area contributed by atoms with Crippen LogP contribution in [-0.4, -0.2) is 37.6 Å². The lowest BCUT2D eigenvalue weighted by atomic mass is 10.1. The number of nitrogens with zero attached hydrogens (tertiary/aromatic N) is 1. The van der Waals surface area contributed by atoms with Gasteiger partial charge in [-0.1, -0.05) is 5.92 Å². The summed E-state index contributed by atoms with van der Waals surface area (Å²) in [7, 11) is 3.99. The molecular formula is C9H18N2. The largest absolute Gasteiger partial charge is 0.314 e. The van der Waals surface area contributed by atoms with Gasteiger partial charge in [0.1, 0.15) is 0 Å². The topological polar surface area (TPSA) is 15.3 Å². The van der Waals surface area contributed by atoms with Crippen molar-refractivity contribution in [2.45, 2.75) is 19.4 Å². The van der Waals surface area contributed by atoms with Crippen LogP contribution in [0.25, 0.3) is 0 Å². The lowest BCUT2D eigenvalue weighted by molar-refractivity contribution is 0.266. The number of hydrogen-bond acceptors (Lipinski definition) is 2. The van der Waals surface area contributed by atoms with E-state index in [1.807, 2.05) is 14.1 Å². The van der Waals surface area contributed by atoms with E-state index in [0.717, 1.165) is 6.54 Å². The number of terminal acetylenes is 1. The Kier molecular flexibility index (Phi) is 4.17. The summed E-state index contributed by atoms with van der Waals surface area (Å²) in [6.45, 7) is 5.98. The van der Waals surface area contributed by atoms with Gasteiger partial charge >= 0.3 is 0 Å². The summed E-state index contributed by atoms with van der Waals surface area (Å²) in [6, 6.07) is 0. The monoisotopic (exact) mass is 154 g/mol. The van der Waals surface area contributed by atoms with E-state index < -0.39 is 0 Å². The zero-order valence-corrected chi connectivity index (χ0v) is 7.94. The smallest absolute Gasteiger partial charge is 0.0597 e. The average molecular weight is 154 g/mol. The summed E-state index contributed by atoms with van der Waals surface area (Å²) in [5, 5.41) is 3.22. The molecule has 0 unspecified atom stereocenters. The molecule has 0 spiro atoms. The normalized spacial score (nSPS) is 11.6. The predicted molar refractivity (Wildman–Crippen MR) is 49.5 cm³/mol. The Hall–Kier alpha value is -0.520. The molecule has 11 heavy (non-hydrogen) atoms. The lowest BCUT2D eigenvalue weighted by Crippen LogP contribution is -2.46. The van der Waals surface area contributed by atoms with Crippen LogP contribution in [0.4, 0.5) is 0 Å². The first-order valence-corrected chi connectivity index (χ1v) is 3.83. The third kappa shape index (κ3) is 4.83. The fraction of sp³-hybridized carbons (Fsp3) is 0.778. The van der Waals surface area contributed by atoms with Crippen molar-refractivity contribution in [3.8, 4) is 12.3 Å². The molecule has 0 atom stereocenters. The quantitative estimate of drug-likeness (QED) is 0.595. The molecule has 0 saturated carbocycles. The van der Waals surface area contributed by atoms with E-state index >= 15 is 0 Å². The summed E-state index contributed by atoms with van der Waals surface area (Å²) in [5.41, 5.74) is 0.144. The van der Waals surface area contributed by atoms with Gasteiger partial charge in [-0.25, -0.2) is 0 Å². The third-order valence-corrected chi connectivity index (χ3v) is 1.70. The van der Waals surface area contributed by atoms with Crippen LogP contribution in [0.3, 0.4) is 0 Å². The van der Waals surface area contributed by atoms with Gasteiger partial charge in [0.05, 0.1) is 6.54 Å². The zero-order chi connectivity index (χ0) is 8.91. The molecule has 64 valence electrons. The minimum Gasteiger partial charge on any atom is -0.314 e. The van der Waals surface area contributed by atoms with Gasteiger partial charge in [-0.3, -0.25) is 4.90 Å². The molecule has 0 aliphatic rings. The minimum atomic E-state index is 0.144. The van der Waals surface area contributed by atoms with Gasteiger partial charge in [-0.2, -0.15) is 0 Å². The van der Waals surface area contributed by atoms with E-state index in [1.54, 1.807) is 0 Å². The third-order valence-electron chi connectivity index (χ3n) is 1.70. The van der Waals surface area contributed by atoms with Gasteiger partial charge in [0.15, 0.2) is 0 Å². The van der Waals surface area contributed by atoms with E-state index in [0.29, 0.717) is 6.54 Å². The molecule has 0 radical (unpaired) electrons. The second kappa shape index (κ2) is 4.38. The van der Waals surface area contributed by atoms with Crippen molar-refractivity contribution < 1.29 is 0 Å². The van der Waals surface area contributed by atoms with E-state index in [4.69, 9.17) is 6.42 Å². The molecule has 2 nitrogen and oxygen atoms in total. The Bertz CT molecular complexity index is 144. The zero-order valence-electron chi connectivity index (χ0n) is 7.94. The predicted octanol–water partition coefficient (Wildman–Crippen LogP) is 0.549. The van der Waals surface area contributed by atoms with Gasteiger partial charge in [-0.05, 0) is 27.9 Å². The van der Waals surface area contributed by atoms with Gasteiger partial charge in [-0.15, -0.1) is 6.42 Å². The van der Waals surface area contributed by atoms with Crippen molar-refractivity contribution in [2.75, 3.05) is 27.2 Å². The molecule has 0 heterocycles. The van der Waals surface area contributed by atoms with Crippen LogP contribution in [0.15, 0.2) is 0 Å². The van der Waals surface area contributed by atoms with Crippen LogP contribution in [0.5, 0.6) is 0 Å². The summed E-state index contributed by atoms with van der Waals surface area (Å²) in [4.78, 5) is 2.12. The van der Waals surface area contributed by atoms with Crippen molar-refractivity contribution in [1.82, 2.24) is 10.2 Å². The van der Waals surface area contributed by atoms with E-state index in [-0.39, 0.29) is 5.54 Å². The van der Waals surface area contributed by atoms with Gasteiger partial charge < -0.3 is 5.32 Å². The van der Waals surface area contributed by atoms with Crippen molar-refractivity contribution in [1.29, 1.82) is 0 Å². The van der Waals surface area contributed by atoms with Gasteiger partial charge in [0.25, 0.3) is 0 Å². The molecule has 1 N–H and O–H groups in total. The summed E-state index contributed by atoms with van der Waals surface area (Å²) in [5.74, 6) is 2.61. The van der Waals surface area contributed by atoms with Crippen LogP contribution < -0.4 is 5.32 Å². The molecule has 0 aromatic heterocycles. The maximum atomic E-state index is 5.18.